The minimum Gasteiger partial charge on any atom is -0.377 e. The van der Waals surface area contributed by atoms with Crippen molar-refractivity contribution in [1.82, 2.24) is 4.90 Å². The number of nitrogens with zero attached hydrogens (tertiary/aromatic N) is 1. The normalized spacial score (nSPS) is 38.0. The maximum absolute atomic E-state index is 6.81. The molecule has 2 aliphatic rings. The van der Waals surface area contributed by atoms with Crippen molar-refractivity contribution >= 4 is 0 Å². The van der Waals surface area contributed by atoms with E-state index in [4.69, 9.17) is 10.5 Å². The van der Waals surface area contributed by atoms with E-state index in [1.54, 1.807) is 0 Å². The van der Waals surface area contributed by atoms with E-state index in [0.29, 0.717) is 18.1 Å². The highest BCUT2D eigenvalue weighted by atomic mass is 16.5. The Hall–Kier alpha value is -0.120. The van der Waals surface area contributed by atoms with Crippen LogP contribution in [0.3, 0.4) is 0 Å². The monoisotopic (exact) mass is 254 g/mol. The predicted octanol–water partition coefficient (Wildman–Crippen LogP) is 2.25. The topological polar surface area (TPSA) is 38.5 Å². The summed E-state index contributed by atoms with van der Waals surface area (Å²) in [5.41, 5.74) is 6.84. The third-order valence-electron chi connectivity index (χ3n) is 5.37. The van der Waals surface area contributed by atoms with Crippen LogP contribution in [0.15, 0.2) is 0 Å². The van der Waals surface area contributed by atoms with E-state index in [1.165, 1.54) is 6.42 Å². The van der Waals surface area contributed by atoms with Crippen LogP contribution in [-0.2, 0) is 4.74 Å². The summed E-state index contributed by atoms with van der Waals surface area (Å²) < 4.78 is 5.87. The molecule has 3 heteroatoms. The number of hydrogen-bond donors (Lipinski definition) is 1. The molecular weight excluding hydrogens is 224 g/mol. The van der Waals surface area contributed by atoms with Crippen LogP contribution >= 0.6 is 0 Å². The first-order valence-electron chi connectivity index (χ1n) is 7.49. The molecule has 2 rings (SSSR count). The standard InChI is InChI=1S/C15H30N2O/c1-6-8-17(11(2)3)10-15(16)12-7-9-18-13(12)14(15,4)5/h11-13H,6-10,16H2,1-5H3. The lowest BCUT2D eigenvalue weighted by Gasteiger charge is -2.63. The molecule has 2 fully saturated rings. The summed E-state index contributed by atoms with van der Waals surface area (Å²) in [5.74, 6) is 0.561. The molecule has 18 heavy (non-hydrogen) atoms. The van der Waals surface area contributed by atoms with Crippen LogP contribution in [0.25, 0.3) is 0 Å². The van der Waals surface area contributed by atoms with Gasteiger partial charge in [-0.05, 0) is 33.2 Å². The van der Waals surface area contributed by atoms with Crippen molar-refractivity contribution in [3.63, 3.8) is 0 Å². The molecule has 3 unspecified atom stereocenters. The summed E-state index contributed by atoms with van der Waals surface area (Å²) in [6.07, 6.45) is 2.72. The molecule has 106 valence electrons. The average Bonchev–Trinajstić information content (AvgIpc) is 2.75. The van der Waals surface area contributed by atoms with Gasteiger partial charge in [-0.15, -0.1) is 0 Å². The molecule has 0 amide bonds. The Morgan fingerprint density at radius 1 is 1.39 bits per heavy atom. The third kappa shape index (κ3) is 1.91. The van der Waals surface area contributed by atoms with E-state index >= 15 is 0 Å². The van der Waals surface area contributed by atoms with Gasteiger partial charge in [0.05, 0.1) is 6.10 Å². The molecule has 1 saturated heterocycles. The molecule has 0 bridgehead atoms. The summed E-state index contributed by atoms with van der Waals surface area (Å²) in [6, 6.07) is 0.572. The van der Waals surface area contributed by atoms with Gasteiger partial charge in [-0.2, -0.15) is 0 Å². The number of ether oxygens (including phenoxy) is 1. The Kier molecular flexibility index (Phi) is 3.79. The first-order valence-corrected chi connectivity index (χ1v) is 7.49. The highest BCUT2D eigenvalue weighted by molar-refractivity contribution is 5.21. The molecule has 2 N–H and O–H groups in total. The van der Waals surface area contributed by atoms with Crippen molar-refractivity contribution in [2.75, 3.05) is 19.7 Å². The van der Waals surface area contributed by atoms with E-state index in [-0.39, 0.29) is 11.0 Å². The molecule has 1 aliphatic heterocycles. The van der Waals surface area contributed by atoms with Crippen LogP contribution in [-0.4, -0.2) is 42.3 Å². The van der Waals surface area contributed by atoms with Gasteiger partial charge in [0.2, 0.25) is 0 Å². The van der Waals surface area contributed by atoms with Gasteiger partial charge in [0.15, 0.2) is 0 Å². The number of nitrogens with two attached hydrogens (primary N) is 1. The molecule has 0 aromatic heterocycles. The molecule has 0 aromatic rings. The zero-order valence-electron chi connectivity index (χ0n) is 12.7. The fourth-order valence-corrected chi connectivity index (χ4v) is 3.94. The lowest BCUT2D eigenvalue weighted by atomic mass is 9.48. The zero-order valence-corrected chi connectivity index (χ0v) is 12.7. The summed E-state index contributed by atoms with van der Waals surface area (Å²) >= 11 is 0. The van der Waals surface area contributed by atoms with Crippen molar-refractivity contribution in [3.8, 4) is 0 Å². The Balaban J connectivity index is 2.11. The molecular formula is C15H30N2O. The fourth-order valence-electron chi connectivity index (χ4n) is 3.94. The minimum absolute atomic E-state index is 0.0758. The Labute approximate surface area is 112 Å². The first kappa shape index (κ1) is 14.3. The van der Waals surface area contributed by atoms with Crippen molar-refractivity contribution in [2.45, 2.75) is 65.1 Å². The lowest BCUT2D eigenvalue weighted by Crippen LogP contribution is -2.78. The largest absolute Gasteiger partial charge is 0.377 e. The lowest BCUT2D eigenvalue weighted by molar-refractivity contribution is -0.164. The maximum atomic E-state index is 6.81. The van der Waals surface area contributed by atoms with E-state index in [0.717, 1.165) is 26.1 Å². The van der Waals surface area contributed by atoms with Crippen molar-refractivity contribution in [1.29, 1.82) is 0 Å². The molecule has 0 radical (unpaired) electrons. The van der Waals surface area contributed by atoms with Crippen LogP contribution < -0.4 is 5.73 Å². The van der Waals surface area contributed by atoms with Gasteiger partial charge in [-0.25, -0.2) is 0 Å². The summed E-state index contributed by atoms with van der Waals surface area (Å²) in [6.45, 7) is 14.4. The van der Waals surface area contributed by atoms with E-state index in [2.05, 4.69) is 39.5 Å². The van der Waals surface area contributed by atoms with Crippen LogP contribution in [0.5, 0.6) is 0 Å². The van der Waals surface area contributed by atoms with Gasteiger partial charge >= 0.3 is 0 Å². The smallest absolute Gasteiger partial charge is 0.0691 e. The van der Waals surface area contributed by atoms with Crippen LogP contribution in [0.1, 0.15) is 47.5 Å². The maximum Gasteiger partial charge on any atom is 0.0691 e. The second-order valence-corrected chi connectivity index (χ2v) is 7.01. The second kappa shape index (κ2) is 4.77. The van der Waals surface area contributed by atoms with Gasteiger partial charge in [0.25, 0.3) is 0 Å². The Morgan fingerprint density at radius 3 is 2.61 bits per heavy atom. The highest BCUT2D eigenvalue weighted by Gasteiger charge is 2.67. The van der Waals surface area contributed by atoms with E-state index in [1.807, 2.05) is 0 Å². The molecule has 3 nitrogen and oxygen atoms in total. The van der Waals surface area contributed by atoms with Crippen LogP contribution in [0, 0.1) is 11.3 Å². The Morgan fingerprint density at radius 2 is 2.06 bits per heavy atom. The molecule has 0 aromatic carbocycles. The zero-order chi connectivity index (χ0) is 13.6. The summed E-state index contributed by atoms with van der Waals surface area (Å²) in [5, 5.41) is 0. The van der Waals surface area contributed by atoms with E-state index in [9.17, 15) is 0 Å². The predicted molar refractivity (Wildman–Crippen MR) is 75.5 cm³/mol. The molecule has 1 heterocycles. The quantitative estimate of drug-likeness (QED) is 0.818. The van der Waals surface area contributed by atoms with Gasteiger partial charge < -0.3 is 10.5 Å². The summed E-state index contributed by atoms with van der Waals surface area (Å²) in [4.78, 5) is 2.54. The molecule has 1 aliphatic carbocycles. The number of fused-ring (bicyclic) bond motifs is 1. The highest BCUT2D eigenvalue weighted by Crippen LogP contribution is 2.58. The fraction of sp³-hybridized carbons (Fsp3) is 1.00. The van der Waals surface area contributed by atoms with Crippen LogP contribution in [0.2, 0.25) is 0 Å². The van der Waals surface area contributed by atoms with E-state index < -0.39 is 0 Å². The second-order valence-electron chi connectivity index (χ2n) is 7.01. The van der Waals surface area contributed by atoms with Crippen molar-refractivity contribution < 1.29 is 4.74 Å². The van der Waals surface area contributed by atoms with Crippen molar-refractivity contribution in [3.05, 3.63) is 0 Å². The number of hydrogen-bond acceptors (Lipinski definition) is 3. The molecule has 1 saturated carbocycles. The van der Waals surface area contributed by atoms with Gasteiger partial charge in [-0.3, -0.25) is 4.90 Å². The van der Waals surface area contributed by atoms with Gasteiger partial charge in [0.1, 0.15) is 0 Å². The van der Waals surface area contributed by atoms with Gasteiger partial charge in [0, 0.05) is 36.1 Å². The minimum atomic E-state index is -0.0758. The molecule has 0 spiro atoms. The first-order chi connectivity index (χ1) is 8.34. The summed E-state index contributed by atoms with van der Waals surface area (Å²) in [7, 11) is 0. The Bertz CT molecular complexity index is 303. The average molecular weight is 254 g/mol. The van der Waals surface area contributed by atoms with Gasteiger partial charge in [-0.1, -0.05) is 20.8 Å². The third-order valence-corrected chi connectivity index (χ3v) is 5.37. The molecule has 3 atom stereocenters. The van der Waals surface area contributed by atoms with Crippen molar-refractivity contribution in [2.24, 2.45) is 17.1 Å². The SMILES string of the molecule is CCCN(CC1(N)C2CCOC2C1(C)C)C(C)C. The number of rotatable bonds is 5. The van der Waals surface area contributed by atoms with Crippen LogP contribution in [0.4, 0.5) is 0 Å².